The Morgan fingerprint density at radius 1 is 1.15 bits per heavy atom. The Kier molecular flexibility index (Phi) is 8.93. The van der Waals surface area contributed by atoms with Gasteiger partial charge in [0, 0.05) is 5.56 Å². The summed E-state index contributed by atoms with van der Waals surface area (Å²) in [5.41, 5.74) is 1.25. The fourth-order valence-corrected chi connectivity index (χ4v) is 5.28. The highest BCUT2D eigenvalue weighted by Crippen LogP contribution is 2.44. The number of benzene rings is 2. The topological polar surface area (TPSA) is 106 Å². The molecule has 1 aliphatic heterocycles. The van der Waals surface area contributed by atoms with Crippen LogP contribution >= 0.6 is 11.3 Å². The number of hydrogen-bond acceptors (Lipinski definition) is 8. The molecule has 1 atom stereocenters. The Hall–Kier alpha value is -4.24. The monoisotopic (exact) mass is 546 g/mol. The van der Waals surface area contributed by atoms with Gasteiger partial charge >= 0.3 is 11.9 Å². The standard InChI is InChI=1S/C30H30N2O6S/c1-4-6-10-17-37-22-15-11-14-21(18-22)24-23(25(33)20-12-8-7-9-13-20)26(34)28(35)32(24)30-31-19(3)27(39-30)29(36)38-16-5-2/h5,7-9,11-15,18,24,33H,2,4,6,10,16-17H2,1,3H3. The maximum Gasteiger partial charge on any atom is 0.350 e. The average Bonchev–Trinajstić information content (AvgIpc) is 3.46. The number of amides is 1. The first-order chi connectivity index (χ1) is 18.9. The van der Waals surface area contributed by atoms with Gasteiger partial charge in [-0.3, -0.25) is 14.5 Å². The summed E-state index contributed by atoms with van der Waals surface area (Å²) in [5, 5.41) is 11.4. The lowest BCUT2D eigenvalue weighted by Crippen LogP contribution is -2.29. The van der Waals surface area contributed by atoms with E-state index in [2.05, 4.69) is 18.5 Å². The molecule has 2 heterocycles. The van der Waals surface area contributed by atoms with Crippen LogP contribution in [0.2, 0.25) is 0 Å². The van der Waals surface area contributed by atoms with E-state index in [-0.39, 0.29) is 27.9 Å². The van der Waals surface area contributed by atoms with E-state index in [0.29, 0.717) is 29.2 Å². The van der Waals surface area contributed by atoms with E-state index >= 15 is 0 Å². The summed E-state index contributed by atoms with van der Waals surface area (Å²) in [4.78, 5) is 45.3. The van der Waals surface area contributed by atoms with Gasteiger partial charge in [-0.1, -0.05) is 86.2 Å². The van der Waals surface area contributed by atoms with Crippen LogP contribution in [0.5, 0.6) is 5.75 Å². The number of rotatable bonds is 11. The highest BCUT2D eigenvalue weighted by molar-refractivity contribution is 7.17. The van der Waals surface area contributed by atoms with Crippen LogP contribution in [0.1, 0.15) is 58.7 Å². The first kappa shape index (κ1) is 27.8. The minimum atomic E-state index is -0.994. The zero-order valence-corrected chi connectivity index (χ0v) is 22.7. The lowest BCUT2D eigenvalue weighted by Gasteiger charge is -2.23. The van der Waals surface area contributed by atoms with Crippen LogP contribution in [-0.2, 0) is 14.3 Å². The molecule has 202 valence electrons. The zero-order chi connectivity index (χ0) is 27.9. The molecule has 39 heavy (non-hydrogen) atoms. The number of aliphatic hydroxyl groups excluding tert-OH is 1. The molecule has 1 saturated heterocycles. The number of nitrogens with zero attached hydrogens (tertiary/aromatic N) is 2. The highest BCUT2D eigenvalue weighted by Gasteiger charge is 2.48. The summed E-state index contributed by atoms with van der Waals surface area (Å²) in [6.07, 6.45) is 4.46. The zero-order valence-electron chi connectivity index (χ0n) is 21.9. The second kappa shape index (κ2) is 12.5. The van der Waals surface area contributed by atoms with Crippen molar-refractivity contribution >= 4 is 39.9 Å². The number of thiazole rings is 1. The Labute approximate surface area is 231 Å². The van der Waals surface area contributed by atoms with Gasteiger partial charge in [0.15, 0.2) is 5.13 Å². The number of hydrogen-bond donors (Lipinski definition) is 1. The minimum Gasteiger partial charge on any atom is -0.507 e. The van der Waals surface area contributed by atoms with Crippen molar-refractivity contribution in [3.8, 4) is 5.75 Å². The fraction of sp³-hybridized carbons (Fsp3) is 0.267. The molecule has 3 aromatic rings. The largest absolute Gasteiger partial charge is 0.507 e. The SMILES string of the molecule is C=CCOC(=O)c1sc(N2C(=O)C(=O)C(=C(O)c3ccccc3)C2c2cccc(OCCCCC)c2)nc1C. The molecule has 1 aromatic heterocycles. The second-order valence-corrected chi connectivity index (χ2v) is 9.94. The smallest absolute Gasteiger partial charge is 0.350 e. The van der Waals surface area contributed by atoms with Crippen molar-refractivity contribution in [3.05, 3.63) is 94.5 Å². The van der Waals surface area contributed by atoms with Crippen LogP contribution in [0.3, 0.4) is 0 Å². The van der Waals surface area contributed by atoms with Crippen molar-refractivity contribution in [1.82, 2.24) is 4.98 Å². The third kappa shape index (κ3) is 5.93. The Balaban J connectivity index is 1.82. The molecule has 0 bridgehead atoms. The molecule has 1 amide bonds. The van der Waals surface area contributed by atoms with E-state index in [1.807, 2.05) is 0 Å². The highest BCUT2D eigenvalue weighted by atomic mass is 32.1. The lowest BCUT2D eigenvalue weighted by molar-refractivity contribution is -0.132. The molecule has 2 aromatic carbocycles. The van der Waals surface area contributed by atoms with Crippen LogP contribution in [0.4, 0.5) is 5.13 Å². The molecule has 4 rings (SSSR count). The van der Waals surface area contributed by atoms with Crippen LogP contribution in [-0.4, -0.2) is 41.0 Å². The van der Waals surface area contributed by atoms with Gasteiger partial charge in [0.25, 0.3) is 5.78 Å². The van der Waals surface area contributed by atoms with Crippen LogP contribution in [0.25, 0.3) is 5.76 Å². The number of carbonyl (C=O) groups is 3. The van der Waals surface area contributed by atoms with Gasteiger partial charge in [-0.15, -0.1) is 0 Å². The third-order valence-electron chi connectivity index (χ3n) is 6.19. The van der Waals surface area contributed by atoms with E-state index in [1.165, 1.54) is 11.0 Å². The first-order valence-corrected chi connectivity index (χ1v) is 13.5. The van der Waals surface area contributed by atoms with E-state index < -0.39 is 23.7 Å². The summed E-state index contributed by atoms with van der Waals surface area (Å²) < 4.78 is 11.1. The normalized spacial score (nSPS) is 16.4. The van der Waals surface area contributed by atoms with Gasteiger partial charge in [-0.25, -0.2) is 9.78 Å². The maximum atomic E-state index is 13.5. The molecule has 1 aliphatic rings. The molecule has 9 heteroatoms. The van der Waals surface area contributed by atoms with E-state index in [9.17, 15) is 19.5 Å². The summed E-state index contributed by atoms with van der Waals surface area (Å²) >= 11 is 0.950. The van der Waals surface area contributed by atoms with E-state index in [0.717, 1.165) is 30.6 Å². The Morgan fingerprint density at radius 2 is 1.92 bits per heavy atom. The molecule has 1 fully saturated rings. The predicted octanol–water partition coefficient (Wildman–Crippen LogP) is 5.99. The molecule has 0 radical (unpaired) electrons. The Morgan fingerprint density at radius 3 is 2.64 bits per heavy atom. The van der Waals surface area contributed by atoms with Gasteiger partial charge in [-0.05, 0) is 31.0 Å². The van der Waals surface area contributed by atoms with Crippen LogP contribution in [0, 0.1) is 6.92 Å². The molecule has 8 nitrogen and oxygen atoms in total. The summed E-state index contributed by atoms with van der Waals surface area (Å²) in [7, 11) is 0. The second-order valence-electron chi connectivity index (χ2n) is 8.96. The summed E-state index contributed by atoms with van der Waals surface area (Å²) in [6.45, 7) is 7.84. The van der Waals surface area contributed by atoms with Gasteiger partial charge in [0.2, 0.25) is 0 Å². The molecule has 0 saturated carbocycles. The molecule has 1 N–H and O–H groups in total. The fourth-order valence-electron chi connectivity index (χ4n) is 4.29. The van der Waals surface area contributed by atoms with Crippen LogP contribution < -0.4 is 9.64 Å². The van der Waals surface area contributed by atoms with Crippen LogP contribution in [0.15, 0.2) is 72.8 Å². The first-order valence-electron chi connectivity index (χ1n) is 12.7. The number of aryl methyl sites for hydroxylation is 1. The average molecular weight is 547 g/mol. The summed E-state index contributed by atoms with van der Waals surface area (Å²) in [5.74, 6) is -2.02. The molecule has 0 aliphatic carbocycles. The predicted molar refractivity (Wildman–Crippen MR) is 150 cm³/mol. The number of anilines is 1. The number of unbranched alkanes of at least 4 members (excludes halogenated alkanes) is 2. The van der Waals surface area contributed by atoms with Crippen molar-refractivity contribution in [2.75, 3.05) is 18.1 Å². The number of aromatic nitrogens is 1. The van der Waals surface area contributed by atoms with Crippen molar-refractivity contribution in [2.45, 2.75) is 39.2 Å². The number of ether oxygens (including phenoxy) is 2. The van der Waals surface area contributed by atoms with Crippen molar-refractivity contribution in [2.24, 2.45) is 0 Å². The third-order valence-corrected chi connectivity index (χ3v) is 7.33. The van der Waals surface area contributed by atoms with Gasteiger partial charge in [0.05, 0.1) is 23.9 Å². The molecular weight excluding hydrogens is 516 g/mol. The molecule has 1 unspecified atom stereocenters. The molecular formula is C30H30N2O6S. The van der Waals surface area contributed by atoms with Gasteiger partial charge in [-0.2, -0.15) is 0 Å². The lowest BCUT2D eigenvalue weighted by atomic mass is 9.95. The van der Waals surface area contributed by atoms with Gasteiger partial charge < -0.3 is 14.6 Å². The van der Waals surface area contributed by atoms with E-state index in [4.69, 9.17) is 9.47 Å². The number of esters is 1. The van der Waals surface area contributed by atoms with Crippen molar-refractivity contribution in [1.29, 1.82) is 0 Å². The van der Waals surface area contributed by atoms with E-state index in [1.54, 1.807) is 61.5 Å². The maximum absolute atomic E-state index is 13.5. The number of carbonyl (C=O) groups excluding carboxylic acids is 3. The number of ketones is 1. The summed E-state index contributed by atoms with van der Waals surface area (Å²) in [6, 6.07) is 14.7. The quantitative estimate of drug-likeness (QED) is 0.0786. The minimum absolute atomic E-state index is 0.0259. The van der Waals surface area contributed by atoms with Gasteiger partial charge in [0.1, 0.15) is 23.0 Å². The van der Waals surface area contributed by atoms with Crippen molar-refractivity contribution < 1.29 is 29.0 Å². The van der Waals surface area contributed by atoms with Crippen molar-refractivity contribution in [3.63, 3.8) is 0 Å². The Bertz CT molecular complexity index is 1410. The number of Topliss-reactive ketones (excluding diaryl/α,β-unsaturated/α-hetero) is 1. The molecule has 0 spiro atoms. The number of aliphatic hydroxyl groups is 1.